The molecule has 0 spiro atoms. The molecule has 10 nitrogen and oxygen atoms in total. The first-order valence-electron chi connectivity index (χ1n) is 11.0. The Bertz CT molecular complexity index is 587. The molecule has 0 aliphatic rings. The van der Waals surface area contributed by atoms with Crippen molar-refractivity contribution in [1.82, 2.24) is 16.0 Å². The van der Waals surface area contributed by atoms with Crippen LogP contribution in [0.2, 0.25) is 0 Å². The molecule has 0 radical (unpaired) electrons. The molecule has 0 aromatic rings. The summed E-state index contributed by atoms with van der Waals surface area (Å²) in [7, 11) is -3.93. The molecule has 1 unspecified atom stereocenters. The molecule has 0 rings (SSSR count). The fourth-order valence-corrected chi connectivity index (χ4v) is 3.46. The van der Waals surface area contributed by atoms with Crippen molar-refractivity contribution in [2.24, 2.45) is 5.92 Å². The van der Waals surface area contributed by atoms with Crippen LogP contribution >= 0.6 is 7.82 Å². The standard InChI is InChI=1S/C20H40N3O7P/c1-5-29-31(27,28)30-15-11-7-6-9-13-22-20(26)18(23-17(4)24)12-8-10-14-21-19(25)16(2)3/h16,18H,5-15H2,1-4H3,(H,21,25)(H,22,26)(H,23,24)(H,27,28)/t18-/m0/s1. The molecular weight excluding hydrogens is 425 g/mol. The number of carbonyl (C=O) groups excluding carboxylic acids is 3. The van der Waals surface area contributed by atoms with Gasteiger partial charge in [-0.25, -0.2) is 4.57 Å². The zero-order valence-corrected chi connectivity index (χ0v) is 20.2. The molecule has 0 fully saturated rings. The van der Waals surface area contributed by atoms with Crippen LogP contribution in [0.3, 0.4) is 0 Å². The summed E-state index contributed by atoms with van der Waals surface area (Å²) >= 11 is 0. The van der Waals surface area contributed by atoms with Crippen molar-refractivity contribution in [3.05, 3.63) is 0 Å². The molecule has 0 aliphatic carbocycles. The van der Waals surface area contributed by atoms with Crippen LogP contribution in [0.4, 0.5) is 0 Å². The van der Waals surface area contributed by atoms with Gasteiger partial charge in [0.05, 0.1) is 13.2 Å². The zero-order valence-electron chi connectivity index (χ0n) is 19.3. The summed E-state index contributed by atoms with van der Waals surface area (Å²) in [6.45, 7) is 7.94. The van der Waals surface area contributed by atoms with Crippen molar-refractivity contribution in [2.45, 2.75) is 78.7 Å². The molecule has 182 valence electrons. The maximum atomic E-state index is 12.4. The second-order valence-electron chi connectivity index (χ2n) is 7.62. The van der Waals surface area contributed by atoms with Gasteiger partial charge < -0.3 is 20.8 Å². The Labute approximate surface area is 185 Å². The van der Waals surface area contributed by atoms with E-state index < -0.39 is 13.9 Å². The summed E-state index contributed by atoms with van der Waals surface area (Å²) in [6, 6.07) is -0.594. The minimum absolute atomic E-state index is 0.00221. The molecular formula is C20H40N3O7P. The Morgan fingerprint density at radius 3 is 2.06 bits per heavy atom. The third-order valence-corrected chi connectivity index (χ3v) is 5.45. The highest BCUT2D eigenvalue weighted by Gasteiger charge is 2.19. The van der Waals surface area contributed by atoms with Crippen LogP contribution in [0.5, 0.6) is 0 Å². The van der Waals surface area contributed by atoms with E-state index in [1.54, 1.807) is 6.92 Å². The van der Waals surface area contributed by atoms with Crippen LogP contribution in [0.1, 0.15) is 72.6 Å². The molecule has 0 saturated heterocycles. The number of amides is 3. The van der Waals surface area contributed by atoms with E-state index in [2.05, 4.69) is 20.5 Å². The Balaban J connectivity index is 4.00. The van der Waals surface area contributed by atoms with Crippen LogP contribution in [-0.4, -0.2) is 55.0 Å². The quantitative estimate of drug-likeness (QED) is 0.180. The van der Waals surface area contributed by atoms with Crippen molar-refractivity contribution < 1.29 is 32.9 Å². The maximum Gasteiger partial charge on any atom is 0.472 e. The monoisotopic (exact) mass is 465 g/mol. The summed E-state index contributed by atoms with van der Waals surface area (Å²) in [5, 5.41) is 8.34. The van der Waals surface area contributed by atoms with Gasteiger partial charge in [-0.2, -0.15) is 0 Å². The van der Waals surface area contributed by atoms with Crippen LogP contribution in [0.15, 0.2) is 0 Å². The lowest BCUT2D eigenvalue weighted by atomic mass is 10.1. The average Bonchev–Trinajstić information content (AvgIpc) is 2.67. The molecule has 11 heteroatoms. The number of unbranched alkanes of at least 4 members (excludes halogenated alkanes) is 4. The number of phosphoric acid groups is 1. The van der Waals surface area contributed by atoms with Crippen LogP contribution in [0, 0.1) is 5.92 Å². The van der Waals surface area contributed by atoms with Crippen LogP contribution in [0.25, 0.3) is 0 Å². The van der Waals surface area contributed by atoms with Gasteiger partial charge in [-0.1, -0.05) is 26.7 Å². The fourth-order valence-electron chi connectivity index (χ4n) is 2.70. The van der Waals surface area contributed by atoms with E-state index in [9.17, 15) is 23.8 Å². The first-order valence-corrected chi connectivity index (χ1v) is 12.5. The largest absolute Gasteiger partial charge is 0.472 e. The fraction of sp³-hybridized carbons (Fsp3) is 0.850. The van der Waals surface area contributed by atoms with Gasteiger partial charge in [0.2, 0.25) is 17.7 Å². The first kappa shape index (κ1) is 29.5. The van der Waals surface area contributed by atoms with Gasteiger partial charge >= 0.3 is 7.82 Å². The Hall–Kier alpha value is -1.48. The van der Waals surface area contributed by atoms with E-state index >= 15 is 0 Å². The first-order chi connectivity index (χ1) is 14.6. The Morgan fingerprint density at radius 1 is 0.903 bits per heavy atom. The van der Waals surface area contributed by atoms with Crippen molar-refractivity contribution in [3.8, 4) is 0 Å². The molecule has 3 amide bonds. The van der Waals surface area contributed by atoms with Gasteiger partial charge in [-0.15, -0.1) is 0 Å². The summed E-state index contributed by atoms with van der Waals surface area (Å²) in [5.74, 6) is -0.538. The molecule has 0 aromatic heterocycles. The molecule has 0 aliphatic heterocycles. The van der Waals surface area contributed by atoms with E-state index in [-0.39, 0.29) is 36.9 Å². The van der Waals surface area contributed by atoms with E-state index in [0.29, 0.717) is 32.4 Å². The van der Waals surface area contributed by atoms with Gasteiger partial charge in [-0.05, 0) is 39.0 Å². The van der Waals surface area contributed by atoms with Crippen molar-refractivity contribution in [1.29, 1.82) is 0 Å². The molecule has 4 N–H and O–H groups in total. The summed E-state index contributed by atoms with van der Waals surface area (Å²) < 4.78 is 20.8. The minimum Gasteiger partial charge on any atom is -0.356 e. The predicted octanol–water partition coefficient (Wildman–Crippen LogP) is 2.26. The maximum absolute atomic E-state index is 12.4. The third kappa shape index (κ3) is 16.8. The van der Waals surface area contributed by atoms with E-state index in [1.807, 2.05) is 13.8 Å². The normalized spacial score (nSPS) is 14.0. The van der Waals surface area contributed by atoms with Gasteiger partial charge in [0.1, 0.15) is 6.04 Å². The third-order valence-electron chi connectivity index (χ3n) is 4.35. The van der Waals surface area contributed by atoms with Gasteiger partial charge in [0.15, 0.2) is 0 Å². The smallest absolute Gasteiger partial charge is 0.356 e. The lowest BCUT2D eigenvalue weighted by Gasteiger charge is -2.18. The predicted molar refractivity (Wildman–Crippen MR) is 118 cm³/mol. The number of carbonyl (C=O) groups is 3. The lowest BCUT2D eigenvalue weighted by Crippen LogP contribution is -2.46. The van der Waals surface area contributed by atoms with Crippen molar-refractivity contribution in [3.63, 3.8) is 0 Å². The van der Waals surface area contributed by atoms with Gasteiger partial charge in [-0.3, -0.25) is 23.4 Å². The highest BCUT2D eigenvalue weighted by Crippen LogP contribution is 2.42. The average molecular weight is 466 g/mol. The van der Waals surface area contributed by atoms with Crippen LogP contribution in [-0.2, 0) is 28.0 Å². The lowest BCUT2D eigenvalue weighted by molar-refractivity contribution is -0.128. The Morgan fingerprint density at radius 2 is 1.48 bits per heavy atom. The number of rotatable bonds is 18. The van der Waals surface area contributed by atoms with Gasteiger partial charge in [0.25, 0.3) is 0 Å². The number of phosphoric ester groups is 1. The van der Waals surface area contributed by atoms with E-state index in [1.165, 1.54) is 6.92 Å². The second-order valence-corrected chi connectivity index (χ2v) is 9.07. The minimum atomic E-state index is -3.93. The number of hydrogen-bond donors (Lipinski definition) is 4. The topological polar surface area (TPSA) is 143 Å². The molecule has 0 bridgehead atoms. The highest BCUT2D eigenvalue weighted by molar-refractivity contribution is 7.47. The van der Waals surface area contributed by atoms with E-state index in [4.69, 9.17) is 4.52 Å². The Kier molecular flexibility index (Phi) is 16.3. The highest BCUT2D eigenvalue weighted by atomic mass is 31.2. The number of hydrogen-bond acceptors (Lipinski definition) is 6. The molecule has 0 saturated carbocycles. The summed E-state index contributed by atoms with van der Waals surface area (Å²) in [5.41, 5.74) is 0. The number of nitrogens with one attached hydrogen (secondary N) is 3. The summed E-state index contributed by atoms with van der Waals surface area (Å²) in [4.78, 5) is 44.6. The second kappa shape index (κ2) is 17.1. The molecule has 2 atom stereocenters. The SMILES string of the molecule is CCOP(=O)(O)OCCCCCCNC(=O)[C@H](CCCCNC(=O)C(C)C)NC(C)=O. The van der Waals surface area contributed by atoms with Crippen molar-refractivity contribution in [2.75, 3.05) is 26.3 Å². The molecule has 0 heterocycles. The zero-order chi connectivity index (χ0) is 23.7. The van der Waals surface area contributed by atoms with Gasteiger partial charge in [0, 0.05) is 25.9 Å². The molecule has 0 aromatic carbocycles. The summed E-state index contributed by atoms with van der Waals surface area (Å²) in [6.07, 6.45) is 4.92. The van der Waals surface area contributed by atoms with Crippen LogP contribution < -0.4 is 16.0 Å². The van der Waals surface area contributed by atoms with Crippen molar-refractivity contribution >= 4 is 25.5 Å². The van der Waals surface area contributed by atoms with E-state index in [0.717, 1.165) is 25.7 Å². The molecule has 31 heavy (non-hydrogen) atoms.